The molecule has 0 saturated heterocycles. The van der Waals surface area contributed by atoms with E-state index in [0.717, 1.165) is 61.1 Å². The Hall–Kier alpha value is -4.73. The second-order valence-corrected chi connectivity index (χ2v) is 9.55. The molecule has 7 aromatic rings. The van der Waals surface area contributed by atoms with Gasteiger partial charge in [0.1, 0.15) is 11.2 Å². The van der Waals surface area contributed by atoms with Gasteiger partial charge in [-0.3, -0.25) is 0 Å². The number of fused-ring (bicyclic) bond motifs is 3. The molecule has 4 heteroatoms. The highest BCUT2D eigenvalue weighted by Crippen LogP contribution is 2.38. The second kappa shape index (κ2) is 9.29. The van der Waals surface area contributed by atoms with Gasteiger partial charge in [0.2, 0.25) is 5.28 Å². The highest BCUT2D eigenvalue weighted by molar-refractivity contribution is 6.28. The van der Waals surface area contributed by atoms with Gasteiger partial charge < -0.3 is 4.42 Å². The molecular formula is C34H21ClN2O. The van der Waals surface area contributed by atoms with Crippen molar-refractivity contribution in [1.29, 1.82) is 0 Å². The molecule has 5 aromatic carbocycles. The van der Waals surface area contributed by atoms with E-state index in [1.54, 1.807) is 0 Å². The van der Waals surface area contributed by atoms with E-state index in [4.69, 9.17) is 16.0 Å². The fourth-order valence-electron chi connectivity index (χ4n) is 5.02. The number of benzene rings is 5. The van der Waals surface area contributed by atoms with Gasteiger partial charge in [-0.2, -0.15) is 0 Å². The first-order chi connectivity index (χ1) is 18.7. The summed E-state index contributed by atoms with van der Waals surface area (Å²) in [5.74, 6) is 0. The zero-order chi connectivity index (χ0) is 25.5. The van der Waals surface area contributed by atoms with Crippen LogP contribution < -0.4 is 0 Å². The zero-order valence-corrected chi connectivity index (χ0v) is 21.1. The minimum Gasteiger partial charge on any atom is -0.456 e. The smallest absolute Gasteiger partial charge is 0.223 e. The van der Waals surface area contributed by atoms with E-state index in [-0.39, 0.29) is 5.28 Å². The number of hydrogen-bond donors (Lipinski definition) is 0. The summed E-state index contributed by atoms with van der Waals surface area (Å²) in [7, 11) is 0. The Morgan fingerprint density at radius 2 is 1.08 bits per heavy atom. The van der Waals surface area contributed by atoms with E-state index in [0.29, 0.717) is 0 Å². The van der Waals surface area contributed by atoms with Gasteiger partial charge in [-0.1, -0.05) is 103 Å². The van der Waals surface area contributed by atoms with Crippen LogP contribution in [-0.2, 0) is 0 Å². The predicted octanol–water partition coefficient (Wildman–Crippen LogP) is 9.70. The SMILES string of the molecule is Clc1nc(-c2ccc(-c3ccccc3)cc2)cc(-c2cccc3oc4cc(-c5ccccc5)ccc4c23)n1. The monoisotopic (exact) mass is 508 g/mol. The van der Waals surface area contributed by atoms with Gasteiger partial charge in [0.05, 0.1) is 11.4 Å². The molecule has 0 fully saturated rings. The maximum atomic E-state index is 6.46. The minimum atomic E-state index is 0.209. The van der Waals surface area contributed by atoms with E-state index in [2.05, 4.69) is 82.8 Å². The van der Waals surface area contributed by atoms with Gasteiger partial charge >= 0.3 is 0 Å². The maximum absolute atomic E-state index is 6.46. The number of hydrogen-bond acceptors (Lipinski definition) is 3. The summed E-state index contributed by atoms with van der Waals surface area (Å²) in [4.78, 5) is 9.15. The van der Waals surface area contributed by atoms with Crippen LogP contribution in [0.3, 0.4) is 0 Å². The molecule has 0 atom stereocenters. The number of rotatable bonds is 4. The third kappa shape index (κ3) is 4.03. The Labute approximate surface area is 225 Å². The molecule has 0 bridgehead atoms. The highest BCUT2D eigenvalue weighted by Gasteiger charge is 2.16. The lowest BCUT2D eigenvalue weighted by atomic mass is 9.99. The molecule has 0 unspecified atom stereocenters. The van der Waals surface area contributed by atoms with Crippen molar-refractivity contribution in [3.05, 3.63) is 133 Å². The zero-order valence-electron chi connectivity index (χ0n) is 20.3. The average Bonchev–Trinajstić information content (AvgIpc) is 3.36. The number of halogens is 1. The highest BCUT2D eigenvalue weighted by atomic mass is 35.5. The van der Waals surface area contributed by atoms with Gasteiger partial charge in [0.25, 0.3) is 0 Å². The largest absolute Gasteiger partial charge is 0.456 e. The van der Waals surface area contributed by atoms with E-state index in [1.165, 1.54) is 5.56 Å². The number of aromatic nitrogens is 2. The Kier molecular flexibility index (Phi) is 5.49. The topological polar surface area (TPSA) is 38.9 Å². The molecule has 0 aliphatic heterocycles. The molecule has 0 saturated carbocycles. The van der Waals surface area contributed by atoms with Gasteiger partial charge in [0.15, 0.2) is 0 Å². The van der Waals surface area contributed by atoms with Crippen molar-refractivity contribution in [2.75, 3.05) is 0 Å². The van der Waals surface area contributed by atoms with E-state index < -0.39 is 0 Å². The normalized spacial score (nSPS) is 11.3. The second-order valence-electron chi connectivity index (χ2n) is 9.21. The van der Waals surface area contributed by atoms with Gasteiger partial charge in [-0.25, -0.2) is 9.97 Å². The first kappa shape index (κ1) is 22.5. The van der Waals surface area contributed by atoms with Crippen LogP contribution in [0.4, 0.5) is 0 Å². The standard InChI is InChI=1S/C34H21ClN2O/c35-34-36-29(25-16-14-24(15-17-25)22-8-3-1-4-9-22)21-30(37-34)27-12-7-13-31-33(27)28-19-18-26(20-32(28)38-31)23-10-5-2-6-11-23/h1-21H. The Balaban J connectivity index is 1.32. The van der Waals surface area contributed by atoms with Crippen LogP contribution >= 0.6 is 11.6 Å². The molecule has 3 nitrogen and oxygen atoms in total. The number of nitrogens with zero attached hydrogens (tertiary/aromatic N) is 2. The summed E-state index contributed by atoms with van der Waals surface area (Å²) in [6, 6.07) is 43.4. The molecule has 38 heavy (non-hydrogen) atoms. The van der Waals surface area contributed by atoms with Crippen LogP contribution in [0, 0.1) is 0 Å². The van der Waals surface area contributed by atoms with Crippen molar-refractivity contribution >= 4 is 33.5 Å². The van der Waals surface area contributed by atoms with Crippen molar-refractivity contribution in [1.82, 2.24) is 9.97 Å². The summed E-state index contributed by atoms with van der Waals surface area (Å²) in [5.41, 5.74) is 9.71. The fraction of sp³-hybridized carbons (Fsp3) is 0. The first-order valence-electron chi connectivity index (χ1n) is 12.4. The molecule has 7 rings (SSSR count). The van der Waals surface area contributed by atoms with Crippen LogP contribution in [0.25, 0.3) is 66.7 Å². The molecule has 0 N–H and O–H groups in total. The summed E-state index contributed by atoms with van der Waals surface area (Å²) >= 11 is 6.46. The Morgan fingerprint density at radius 3 is 1.82 bits per heavy atom. The van der Waals surface area contributed by atoms with Crippen LogP contribution in [0.5, 0.6) is 0 Å². The van der Waals surface area contributed by atoms with Gasteiger partial charge in [-0.15, -0.1) is 0 Å². The van der Waals surface area contributed by atoms with E-state index >= 15 is 0 Å². The van der Waals surface area contributed by atoms with E-state index in [1.807, 2.05) is 54.6 Å². The summed E-state index contributed by atoms with van der Waals surface area (Å²) < 4.78 is 6.30. The molecule has 0 aliphatic carbocycles. The lowest BCUT2D eigenvalue weighted by Crippen LogP contribution is -1.92. The summed E-state index contributed by atoms with van der Waals surface area (Å²) in [5, 5.41) is 2.27. The molecule has 180 valence electrons. The van der Waals surface area contributed by atoms with Crippen LogP contribution in [0.2, 0.25) is 5.28 Å². The first-order valence-corrected chi connectivity index (χ1v) is 12.8. The molecular weight excluding hydrogens is 488 g/mol. The molecule has 0 spiro atoms. The molecule has 2 aromatic heterocycles. The fourth-order valence-corrected chi connectivity index (χ4v) is 5.20. The predicted molar refractivity (Wildman–Crippen MR) is 156 cm³/mol. The van der Waals surface area contributed by atoms with Crippen molar-refractivity contribution in [2.24, 2.45) is 0 Å². The summed E-state index contributed by atoms with van der Waals surface area (Å²) in [6.07, 6.45) is 0. The maximum Gasteiger partial charge on any atom is 0.223 e. The quantitative estimate of drug-likeness (QED) is 0.222. The Morgan fingerprint density at radius 1 is 0.474 bits per heavy atom. The number of furan rings is 1. The van der Waals surface area contributed by atoms with Gasteiger partial charge in [-0.05, 0) is 58.1 Å². The van der Waals surface area contributed by atoms with E-state index in [9.17, 15) is 0 Å². The lowest BCUT2D eigenvalue weighted by Gasteiger charge is -2.08. The van der Waals surface area contributed by atoms with Crippen LogP contribution in [-0.4, -0.2) is 9.97 Å². The molecule has 0 amide bonds. The van der Waals surface area contributed by atoms with Crippen LogP contribution in [0.1, 0.15) is 0 Å². The molecule has 0 radical (unpaired) electrons. The van der Waals surface area contributed by atoms with Crippen molar-refractivity contribution < 1.29 is 4.42 Å². The third-order valence-electron chi connectivity index (χ3n) is 6.87. The average molecular weight is 509 g/mol. The Bertz CT molecular complexity index is 1910. The lowest BCUT2D eigenvalue weighted by molar-refractivity contribution is 0.669. The molecule has 0 aliphatic rings. The third-order valence-corrected chi connectivity index (χ3v) is 7.04. The van der Waals surface area contributed by atoms with Crippen molar-refractivity contribution in [3.63, 3.8) is 0 Å². The van der Waals surface area contributed by atoms with Gasteiger partial charge in [0, 0.05) is 21.9 Å². The minimum absolute atomic E-state index is 0.209. The summed E-state index contributed by atoms with van der Waals surface area (Å²) in [6.45, 7) is 0. The molecule has 2 heterocycles. The van der Waals surface area contributed by atoms with Crippen molar-refractivity contribution in [3.8, 4) is 44.8 Å². The van der Waals surface area contributed by atoms with Crippen LogP contribution in [0.15, 0.2) is 132 Å². The van der Waals surface area contributed by atoms with Crippen molar-refractivity contribution in [2.45, 2.75) is 0 Å².